The third-order valence-corrected chi connectivity index (χ3v) is 6.82. The van der Waals surface area contributed by atoms with Crippen molar-refractivity contribution in [1.29, 1.82) is 0 Å². The van der Waals surface area contributed by atoms with Crippen LogP contribution in [0.25, 0.3) is 0 Å². The first-order valence-electron chi connectivity index (χ1n) is 7.77. The van der Waals surface area contributed by atoms with E-state index in [2.05, 4.69) is 0 Å². The number of hydrogen-bond donors (Lipinski definition) is 0. The molecule has 0 N–H and O–H groups in total. The van der Waals surface area contributed by atoms with E-state index in [1.807, 2.05) is 30.3 Å². The van der Waals surface area contributed by atoms with Crippen molar-refractivity contribution in [2.75, 3.05) is 12.9 Å². The lowest BCUT2D eigenvalue weighted by atomic mass is 9.80. The molecule has 1 aliphatic carbocycles. The second-order valence-electron chi connectivity index (χ2n) is 5.69. The topological polar surface area (TPSA) is 60.4 Å². The van der Waals surface area contributed by atoms with Crippen molar-refractivity contribution in [3.63, 3.8) is 0 Å². The summed E-state index contributed by atoms with van der Waals surface area (Å²) in [7, 11) is -1.30. The number of ketones is 1. The van der Waals surface area contributed by atoms with Crippen LogP contribution in [0.2, 0.25) is 0 Å². The Hall–Kier alpha value is -1.79. The van der Waals surface area contributed by atoms with Crippen LogP contribution in [0.1, 0.15) is 50.4 Å². The number of esters is 1. The third kappa shape index (κ3) is 3.08. The van der Waals surface area contributed by atoms with Crippen LogP contribution >= 0.6 is 11.3 Å². The molecule has 1 aromatic heterocycles. The predicted molar refractivity (Wildman–Crippen MR) is 94.4 cm³/mol. The number of carbonyl (C=O) groups excluding carboxylic acids is 2. The molecule has 2 atom stereocenters. The van der Waals surface area contributed by atoms with Gasteiger partial charge >= 0.3 is 5.97 Å². The molecular weight excluding hydrogens is 344 g/mol. The average Bonchev–Trinajstić information content (AvgIpc) is 2.96. The lowest BCUT2D eigenvalue weighted by Gasteiger charge is -2.23. The highest BCUT2D eigenvalue weighted by atomic mass is 32.2. The summed E-state index contributed by atoms with van der Waals surface area (Å²) in [5.74, 6) is -0.439. The van der Waals surface area contributed by atoms with Gasteiger partial charge in [0.2, 0.25) is 0 Å². The molecule has 0 saturated heterocycles. The number of benzene rings is 1. The van der Waals surface area contributed by atoms with Gasteiger partial charge in [-0.25, -0.2) is 4.79 Å². The largest absolute Gasteiger partial charge is 0.462 e. The average molecular weight is 362 g/mol. The number of carbonyl (C=O) groups is 2. The van der Waals surface area contributed by atoms with Crippen molar-refractivity contribution in [2.45, 2.75) is 29.9 Å². The smallest absolute Gasteiger partial charge is 0.348 e. The minimum absolute atomic E-state index is 0.0344. The highest BCUT2D eigenvalue weighted by molar-refractivity contribution is 7.86. The van der Waals surface area contributed by atoms with Crippen molar-refractivity contribution in [3.8, 4) is 0 Å². The summed E-state index contributed by atoms with van der Waals surface area (Å²) in [5.41, 5.74) is 2.27. The maximum atomic E-state index is 12.7. The molecule has 1 aromatic carbocycles. The molecule has 0 fully saturated rings. The third-order valence-electron chi connectivity index (χ3n) is 4.13. The van der Waals surface area contributed by atoms with Gasteiger partial charge < -0.3 is 4.74 Å². The van der Waals surface area contributed by atoms with Gasteiger partial charge in [-0.1, -0.05) is 30.3 Å². The van der Waals surface area contributed by atoms with Gasteiger partial charge in [0.25, 0.3) is 0 Å². The Morgan fingerprint density at radius 3 is 2.62 bits per heavy atom. The first-order valence-corrected chi connectivity index (χ1v) is 10.1. The summed E-state index contributed by atoms with van der Waals surface area (Å²) in [5, 5.41) is 0. The Morgan fingerprint density at radius 1 is 1.29 bits per heavy atom. The van der Waals surface area contributed by atoms with E-state index in [0.29, 0.717) is 33.1 Å². The molecule has 1 heterocycles. The number of hydrogen-bond acceptors (Lipinski definition) is 5. The van der Waals surface area contributed by atoms with Gasteiger partial charge in [0, 0.05) is 18.2 Å². The molecule has 0 unspecified atom stereocenters. The number of Topliss-reactive ketones (excluding diaryl/α,β-unsaturated/α-hetero) is 1. The van der Waals surface area contributed by atoms with E-state index in [1.54, 1.807) is 6.92 Å². The Morgan fingerprint density at radius 2 is 2.00 bits per heavy atom. The van der Waals surface area contributed by atoms with Gasteiger partial charge in [0.15, 0.2) is 5.78 Å². The Balaban J connectivity index is 2.08. The molecule has 0 bridgehead atoms. The lowest BCUT2D eigenvalue weighted by molar-refractivity contribution is 0.0531. The van der Waals surface area contributed by atoms with E-state index in [-0.39, 0.29) is 18.3 Å². The van der Waals surface area contributed by atoms with Gasteiger partial charge in [0.05, 0.1) is 17.4 Å². The molecular formula is C18H18O4S2. The summed E-state index contributed by atoms with van der Waals surface area (Å²) in [6.45, 7) is 2.01. The van der Waals surface area contributed by atoms with Crippen LogP contribution in [-0.4, -0.2) is 28.8 Å². The fourth-order valence-electron chi connectivity index (χ4n) is 3.09. The monoisotopic (exact) mass is 362 g/mol. The summed E-state index contributed by atoms with van der Waals surface area (Å²) >= 11 is 1.14. The van der Waals surface area contributed by atoms with Crippen LogP contribution in [-0.2, 0) is 22.0 Å². The highest BCUT2D eigenvalue weighted by Crippen LogP contribution is 2.41. The van der Waals surface area contributed by atoms with E-state index in [4.69, 9.17) is 4.74 Å². The summed E-state index contributed by atoms with van der Waals surface area (Å²) < 4.78 is 17.6. The molecule has 0 amide bonds. The molecule has 0 radical (unpaired) electrons. The zero-order valence-corrected chi connectivity index (χ0v) is 15.2. The van der Waals surface area contributed by atoms with Gasteiger partial charge in [-0.15, -0.1) is 11.3 Å². The van der Waals surface area contributed by atoms with E-state index in [1.165, 1.54) is 6.26 Å². The molecule has 2 aromatic rings. The predicted octanol–water partition coefficient (Wildman–Crippen LogP) is 3.57. The van der Waals surface area contributed by atoms with Crippen LogP contribution in [0.5, 0.6) is 0 Å². The van der Waals surface area contributed by atoms with Gasteiger partial charge in [0.1, 0.15) is 9.09 Å². The minimum atomic E-state index is -1.30. The zero-order chi connectivity index (χ0) is 17.3. The highest BCUT2D eigenvalue weighted by Gasteiger charge is 2.35. The van der Waals surface area contributed by atoms with Gasteiger partial charge in [-0.2, -0.15) is 0 Å². The normalized spacial score (nSPS) is 18.1. The number of thiophene rings is 1. The number of rotatable bonds is 4. The Labute approximate surface area is 147 Å². The molecule has 0 aliphatic heterocycles. The van der Waals surface area contributed by atoms with Crippen molar-refractivity contribution < 1.29 is 18.5 Å². The van der Waals surface area contributed by atoms with E-state index in [9.17, 15) is 13.8 Å². The first kappa shape index (κ1) is 17.0. The van der Waals surface area contributed by atoms with Gasteiger partial charge in [-0.05, 0) is 30.4 Å². The molecule has 126 valence electrons. The van der Waals surface area contributed by atoms with Crippen LogP contribution in [0.15, 0.2) is 34.5 Å². The van der Waals surface area contributed by atoms with Crippen molar-refractivity contribution >= 4 is 33.9 Å². The SMILES string of the molecule is CCOC(=O)c1sc([S@](C)=O)c2c1C[C@H](c1ccccc1)CC2=O. The second kappa shape index (κ2) is 6.99. The molecule has 0 spiro atoms. The van der Waals surface area contributed by atoms with Crippen molar-refractivity contribution in [3.05, 3.63) is 51.9 Å². The number of fused-ring (bicyclic) bond motifs is 1. The fourth-order valence-corrected chi connectivity index (χ4v) is 5.31. The number of ether oxygens (including phenoxy) is 1. The molecule has 4 nitrogen and oxygen atoms in total. The zero-order valence-electron chi connectivity index (χ0n) is 13.5. The molecule has 3 rings (SSSR count). The van der Waals surface area contributed by atoms with E-state index in [0.717, 1.165) is 16.9 Å². The van der Waals surface area contributed by atoms with E-state index >= 15 is 0 Å². The molecule has 0 saturated carbocycles. The fraction of sp³-hybridized carbons (Fsp3) is 0.333. The summed E-state index contributed by atoms with van der Waals surface area (Å²) in [6.07, 6.45) is 2.50. The molecule has 6 heteroatoms. The van der Waals surface area contributed by atoms with Gasteiger partial charge in [-0.3, -0.25) is 9.00 Å². The van der Waals surface area contributed by atoms with Crippen LogP contribution < -0.4 is 0 Å². The quantitative estimate of drug-likeness (QED) is 0.780. The van der Waals surface area contributed by atoms with Crippen molar-refractivity contribution in [1.82, 2.24) is 0 Å². The molecule has 1 aliphatic rings. The van der Waals surface area contributed by atoms with E-state index < -0.39 is 16.8 Å². The summed E-state index contributed by atoms with van der Waals surface area (Å²) in [6, 6.07) is 9.83. The lowest BCUT2D eigenvalue weighted by Crippen LogP contribution is -2.20. The van der Waals surface area contributed by atoms with Crippen LogP contribution in [0.3, 0.4) is 0 Å². The standard InChI is InChI=1S/C18H18O4S2/c1-3-22-17(20)16-13-9-12(11-7-5-4-6-8-11)10-14(19)15(13)18(23-16)24(2)21/h4-8,12H,3,9-10H2,1-2H3/t12-,24-/m0/s1. The maximum absolute atomic E-state index is 12.7. The molecule has 24 heavy (non-hydrogen) atoms. The Bertz CT molecular complexity index is 808. The Kier molecular flexibility index (Phi) is 4.96. The summed E-state index contributed by atoms with van der Waals surface area (Å²) in [4.78, 5) is 25.4. The second-order valence-corrected chi connectivity index (χ2v) is 8.28. The van der Waals surface area contributed by atoms with Crippen molar-refractivity contribution in [2.24, 2.45) is 0 Å². The minimum Gasteiger partial charge on any atom is -0.462 e. The maximum Gasteiger partial charge on any atom is 0.348 e. The van der Waals surface area contributed by atoms with Crippen LogP contribution in [0.4, 0.5) is 0 Å². The first-order chi connectivity index (χ1) is 11.5. The van der Waals surface area contributed by atoms with Crippen LogP contribution in [0, 0.1) is 0 Å².